The van der Waals surface area contributed by atoms with Gasteiger partial charge in [0.05, 0.1) is 22.4 Å². The lowest BCUT2D eigenvalue weighted by atomic mass is 10.4. The molecule has 3 N–H and O–H groups in total. The minimum Gasteiger partial charge on any atom is -0.392 e. The van der Waals surface area contributed by atoms with Crippen molar-refractivity contribution in [3.05, 3.63) is 11.4 Å². The number of nitrogens with two attached hydrogens (primary N) is 1. The molecule has 8 heteroatoms. The van der Waals surface area contributed by atoms with E-state index >= 15 is 0 Å². The van der Waals surface area contributed by atoms with Gasteiger partial charge in [-0.05, 0) is 20.8 Å². The Bertz CT molecular complexity index is 548. The maximum atomic E-state index is 12.1. The third kappa shape index (κ3) is 2.82. The SMILES string of the molecule is Cc1nn(C)c(C)c1S(=O)(=O)NC(C)C(N)=S. The van der Waals surface area contributed by atoms with E-state index in [0.29, 0.717) is 11.4 Å². The molecule has 0 aliphatic carbocycles. The number of aryl methyl sites for hydroxylation is 2. The monoisotopic (exact) mass is 276 g/mol. The van der Waals surface area contributed by atoms with Crippen molar-refractivity contribution >= 4 is 27.2 Å². The molecule has 96 valence electrons. The molecule has 0 radical (unpaired) electrons. The van der Waals surface area contributed by atoms with Crippen LogP contribution in [0, 0.1) is 13.8 Å². The standard InChI is InChI=1S/C9H16N4O2S2/c1-5-8(7(3)13(4)11-5)17(14,15)12-6(2)9(10)16/h6,12H,1-4H3,(H2,10,16). The Labute approximate surface area is 106 Å². The number of nitrogens with one attached hydrogen (secondary N) is 1. The largest absolute Gasteiger partial charge is 0.392 e. The molecule has 1 aromatic heterocycles. The highest BCUT2D eigenvalue weighted by Gasteiger charge is 2.25. The fourth-order valence-electron chi connectivity index (χ4n) is 1.49. The Kier molecular flexibility index (Phi) is 3.90. The van der Waals surface area contributed by atoms with Gasteiger partial charge in [0.15, 0.2) is 0 Å². The van der Waals surface area contributed by atoms with Gasteiger partial charge < -0.3 is 5.73 Å². The van der Waals surface area contributed by atoms with Crippen LogP contribution in [0.2, 0.25) is 0 Å². The van der Waals surface area contributed by atoms with E-state index in [1.807, 2.05) is 0 Å². The normalized spacial score (nSPS) is 13.6. The number of rotatable bonds is 4. The number of sulfonamides is 1. The minimum atomic E-state index is -3.65. The van der Waals surface area contributed by atoms with Gasteiger partial charge in [-0.25, -0.2) is 13.1 Å². The van der Waals surface area contributed by atoms with Crippen LogP contribution >= 0.6 is 12.2 Å². The first-order valence-corrected chi connectivity index (χ1v) is 6.87. The Hall–Kier alpha value is -0.990. The van der Waals surface area contributed by atoms with Crippen LogP contribution in [0.5, 0.6) is 0 Å². The van der Waals surface area contributed by atoms with Gasteiger partial charge in [-0.15, -0.1) is 0 Å². The van der Waals surface area contributed by atoms with E-state index in [-0.39, 0.29) is 9.88 Å². The summed E-state index contributed by atoms with van der Waals surface area (Å²) in [5.41, 5.74) is 6.41. The highest BCUT2D eigenvalue weighted by atomic mass is 32.2. The number of hydrogen-bond acceptors (Lipinski definition) is 4. The van der Waals surface area contributed by atoms with Crippen molar-refractivity contribution in [3.63, 3.8) is 0 Å². The molecule has 6 nitrogen and oxygen atoms in total. The maximum absolute atomic E-state index is 12.1. The van der Waals surface area contributed by atoms with Crippen LogP contribution in [0.25, 0.3) is 0 Å². The number of nitrogens with zero attached hydrogens (tertiary/aromatic N) is 2. The van der Waals surface area contributed by atoms with Crippen molar-refractivity contribution < 1.29 is 8.42 Å². The van der Waals surface area contributed by atoms with Gasteiger partial charge in [-0.1, -0.05) is 12.2 Å². The first-order valence-electron chi connectivity index (χ1n) is 4.98. The first-order chi connectivity index (χ1) is 7.66. The Morgan fingerprint density at radius 3 is 2.41 bits per heavy atom. The summed E-state index contributed by atoms with van der Waals surface area (Å²) in [5, 5.41) is 4.06. The average Bonchev–Trinajstić information content (AvgIpc) is 2.40. The molecular formula is C9H16N4O2S2. The predicted molar refractivity (Wildman–Crippen MR) is 69.3 cm³/mol. The van der Waals surface area contributed by atoms with Crippen LogP contribution in [0.1, 0.15) is 18.3 Å². The molecule has 1 atom stereocenters. The summed E-state index contributed by atoms with van der Waals surface area (Å²) in [4.78, 5) is 0.288. The first kappa shape index (κ1) is 14.1. The number of hydrogen-bond donors (Lipinski definition) is 2. The Morgan fingerprint density at radius 2 is 2.06 bits per heavy atom. The molecule has 0 saturated carbocycles. The van der Waals surface area contributed by atoms with Gasteiger partial charge >= 0.3 is 0 Å². The lowest BCUT2D eigenvalue weighted by Crippen LogP contribution is -2.41. The summed E-state index contributed by atoms with van der Waals surface area (Å²) in [5.74, 6) is 0. The van der Waals surface area contributed by atoms with Crippen LogP contribution in [-0.4, -0.2) is 29.2 Å². The van der Waals surface area contributed by atoms with Crippen LogP contribution in [-0.2, 0) is 17.1 Å². The summed E-state index contributed by atoms with van der Waals surface area (Å²) in [6.07, 6.45) is 0. The van der Waals surface area contributed by atoms with Crippen LogP contribution in [0.3, 0.4) is 0 Å². The van der Waals surface area contributed by atoms with Gasteiger partial charge in [0.25, 0.3) is 0 Å². The van der Waals surface area contributed by atoms with Crippen molar-refractivity contribution in [2.45, 2.75) is 31.7 Å². The summed E-state index contributed by atoms with van der Waals surface area (Å²) in [6.45, 7) is 4.94. The molecule has 0 bridgehead atoms. The maximum Gasteiger partial charge on any atom is 0.244 e. The molecule has 1 unspecified atom stereocenters. The van der Waals surface area contributed by atoms with Crippen LogP contribution in [0.4, 0.5) is 0 Å². The van der Waals surface area contributed by atoms with E-state index in [4.69, 9.17) is 18.0 Å². The molecule has 0 aliphatic heterocycles. The zero-order valence-electron chi connectivity index (χ0n) is 10.2. The van der Waals surface area contributed by atoms with Gasteiger partial charge in [0.2, 0.25) is 10.0 Å². The second-order valence-corrected chi connectivity index (χ2v) is 5.99. The van der Waals surface area contributed by atoms with Gasteiger partial charge in [-0.2, -0.15) is 5.10 Å². The molecule has 1 aromatic rings. The average molecular weight is 276 g/mol. The van der Waals surface area contributed by atoms with Gasteiger partial charge in [0.1, 0.15) is 4.90 Å². The van der Waals surface area contributed by atoms with Gasteiger partial charge in [-0.3, -0.25) is 4.68 Å². The fraction of sp³-hybridized carbons (Fsp3) is 0.556. The molecule has 0 aromatic carbocycles. The Morgan fingerprint density at radius 1 is 1.53 bits per heavy atom. The van der Waals surface area contributed by atoms with Crippen LogP contribution in [0.15, 0.2) is 4.90 Å². The van der Waals surface area contributed by atoms with Crippen molar-refractivity contribution in [3.8, 4) is 0 Å². The predicted octanol–water partition coefficient (Wildman–Crippen LogP) is -0.0102. The molecule has 17 heavy (non-hydrogen) atoms. The third-order valence-corrected chi connectivity index (χ3v) is 4.62. The number of thiocarbonyl (C=S) groups is 1. The quantitative estimate of drug-likeness (QED) is 0.755. The lowest BCUT2D eigenvalue weighted by Gasteiger charge is -2.12. The zero-order chi connectivity index (χ0) is 13.4. The summed E-state index contributed by atoms with van der Waals surface area (Å²) < 4.78 is 28.2. The van der Waals surface area contributed by atoms with E-state index in [0.717, 1.165) is 0 Å². The summed E-state index contributed by atoms with van der Waals surface area (Å²) in [7, 11) is -1.95. The highest BCUT2D eigenvalue weighted by molar-refractivity contribution is 7.89. The van der Waals surface area contributed by atoms with E-state index < -0.39 is 16.1 Å². The van der Waals surface area contributed by atoms with Crippen LogP contribution < -0.4 is 10.5 Å². The second-order valence-electron chi connectivity index (χ2n) is 3.87. The molecule has 0 fully saturated rings. The van der Waals surface area contributed by atoms with Gasteiger partial charge in [0, 0.05) is 7.05 Å². The lowest BCUT2D eigenvalue weighted by molar-refractivity contribution is 0.577. The number of aromatic nitrogens is 2. The summed E-state index contributed by atoms with van der Waals surface area (Å²) in [6, 6.07) is -0.589. The molecule has 0 saturated heterocycles. The molecule has 0 amide bonds. The molecule has 0 aliphatic rings. The smallest absolute Gasteiger partial charge is 0.244 e. The minimum absolute atomic E-state index is 0.104. The third-order valence-electron chi connectivity index (χ3n) is 2.47. The van der Waals surface area contributed by atoms with E-state index in [2.05, 4.69) is 9.82 Å². The molecular weight excluding hydrogens is 260 g/mol. The molecule has 1 heterocycles. The van der Waals surface area contributed by atoms with Crippen molar-refractivity contribution in [1.29, 1.82) is 0 Å². The van der Waals surface area contributed by atoms with E-state index in [9.17, 15) is 8.42 Å². The Balaban J connectivity index is 3.19. The second kappa shape index (κ2) is 4.71. The topological polar surface area (TPSA) is 90.0 Å². The van der Waals surface area contributed by atoms with Crippen molar-refractivity contribution in [2.75, 3.05) is 0 Å². The van der Waals surface area contributed by atoms with E-state index in [1.54, 1.807) is 27.8 Å². The zero-order valence-corrected chi connectivity index (χ0v) is 11.8. The molecule has 0 spiro atoms. The van der Waals surface area contributed by atoms with Crippen molar-refractivity contribution in [1.82, 2.24) is 14.5 Å². The summed E-state index contributed by atoms with van der Waals surface area (Å²) >= 11 is 4.74. The molecule has 1 rings (SSSR count). The highest BCUT2D eigenvalue weighted by Crippen LogP contribution is 2.18. The fourth-order valence-corrected chi connectivity index (χ4v) is 3.29. The van der Waals surface area contributed by atoms with Crippen molar-refractivity contribution in [2.24, 2.45) is 12.8 Å². The van der Waals surface area contributed by atoms with E-state index in [1.165, 1.54) is 4.68 Å².